The molecule has 0 aromatic heterocycles. The van der Waals surface area contributed by atoms with Gasteiger partial charge >= 0.3 is 12.0 Å². The van der Waals surface area contributed by atoms with Gasteiger partial charge < -0.3 is 15.4 Å². The van der Waals surface area contributed by atoms with Crippen molar-refractivity contribution in [1.29, 1.82) is 0 Å². The molecule has 2 amide bonds. The fraction of sp³-hybridized carbons (Fsp3) is 0.524. The minimum atomic E-state index is -3.54. The normalized spacial score (nSPS) is 20.2. The van der Waals surface area contributed by atoms with Crippen molar-refractivity contribution in [3.63, 3.8) is 0 Å². The maximum absolute atomic E-state index is 13.1. The molecule has 4 rings (SSSR count). The van der Waals surface area contributed by atoms with E-state index in [1.54, 1.807) is 13.0 Å². The van der Waals surface area contributed by atoms with Crippen molar-refractivity contribution >= 4 is 22.0 Å². The molecule has 0 unspecified atom stereocenters. The molecule has 3 aliphatic rings. The number of fused-ring (bicyclic) bond motifs is 1. The Kier molecular flexibility index (Phi) is 6.31. The highest BCUT2D eigenvalue weighted by atomic mass is 32.2. The lowest BCUT2D eigenvalue weighted by Gasteiger charge is -2.35. The Morgan fingerprint density at radius 1 is 1.13 bits per heavy atom. The second-order valence-corrected chi connectivity index (χ2v) is 9.89. The van der Waals surface area contributed by atoms with Gasteiger partial charge in [-0.15, -0.1) is 0 Å². The van der Waals surface area contributed by atoms with Gasteiger partial charge in [-0.2, -0.15) is 4.31 Å². The molecule has 0 atom stereocenters. The van der Waals surface area contributed by atoms with Crippen LogP contribution < -0.4 is 10.6 Å². The second-order valence-electron chi connectivity index (χ2n) is 7.95. The molecule has 1 aliphatic carbocycles. The number of ether oxygens (including phenoxy) is 1. The zero-order chi connectivity index (χ0) is 22.0. The molecule has 0 radical (unpaired) electrons. The lowest BCUT2D eigenvalue weighted by Crippen LogP contribution is -2.52. The number of aryl methyl sites for hydroxylation is 2. The van der Waals surface area contributed by atoms with Crippen molar-refractivity contribution in [3.8, 4) is 0 Å². The highest BCUT2D eigenvalue weighted by molar-refractivity contribution is 7.89. The number of sulfonamides is 1. The van der Waals surface area contributed by atoms with Gasteiger partial charge in [0, 0.05) is 38.4 Å². The van der Waals surface area contributed by atoms with Gasteiger partial charge in [-0.05, 0) is 49.4 Å². The number of nitrogens with zero attached hydrogens (tertiary/aromatic N) is 2. The Bertz CT molecular complexity index is 1010. The molecule has 0 bridgehead atoms. The molecule has 31 heavy (non-hydrogen) atoms. The van der Waals surface area contributed by atoms with E-state index in [1.165, 1.54) is 9.87 Å². The molecule has 1 saturated heterocycles. The summed E-state index contributed by atoms with van der Waals surface area (Å²) in [7, 11) is -3.54. The van der Waals surface area contributed by atoms with Crippen LogP contribution in [0.1, 0.15) is 24.5 Å². The van der Waals surface area contributed by atoms with Gasteiger partial charge in [0.15, 0.2) is 0 Å². The van der Waals surface area contributed by atoms with Crippen molar-refractivity contribution in [1.82, 2.24) is 19.8 Å². The summed E-state index contributed by atoms with van der Waals surface area (Å²) in [6.07, 6.45) is 3.03. The van der Waals surface area contributed by atoms with Crippen LogP contribution in [0.2, 0.25) is 0 Å². The zero-order valence-corrected chi connectivity index (χ0v) is 18.5. The lowest BCUT2D eigenvalue weighted by atomic mass is 10.1. The van der Waals surface area contributed by atoms with Gasteiger partial charge in [0.2, 0.25) is 10.0 Å². The fourth-order valence-electron chi connectivity index (χ4n) is 4.29. The Morgan fingerprint density at radius 3 is 2.61 bits per heavy atom. The third kappa shape index (κ3) is 4.60. The van der Waals surface area contributed by atoms with Crippen molar-refractivity contribution in [2.75, 3.05) is 45.9 Å². The molecule has 9 nitrogen and oxygen atoms in total. The average Bonchev–Trinajstić information content (AvgIpc) is 3.22. The minimum absolute atomic E-state index is 0.118. The molecule has 1 fully saturated rings. The van der Waals surface area contributed by atoms with Gasteiger partial charge in [0.25, 0.3) is 0 Å². The Morgan fingerprint density at radius 2 is 1.87 bits per heavy atom. The summed E-state index contributed by atoms with van der Waals surface area (Å²) >= 11 is 0. The predicted octanol–water partition coefficient (Wildman–Crippen LogP) is 0.612. The van der Waals surface area contributed by atoms with Crippen molar-refractivity contribution in [2.24, 2.45) is 0 Å². The number of amides is 2. The standard InChI is InChI=1S/C21H28N4O5S/c1-2-30-20(26)18-13-22-21(27)23-19(18)14-24-8-10-25(11-9-24)31(28,29)17-7-6-15-4-3-5-16(15)12-17/h6-7,12H,2-5,8-11,13-14H2,1H3,(H2,22,23,27). The number of piperazine rings is 1. The number of benzene rings is 1. The molecule has 1 aromatic carbocycles. The summed E-state index contributed by atoms with van der Waals surface area (Å²) in [6.45, 7) is 4.18. The first-order valence-corrected chi connectivity index (χ1v) is 12.1. The molecule has 1 aromatic rings. The van der Waals surface area contributed by atoms with Crippen molar-refractivity contribution < 1.29 is 22.7 Å². The van der Waals surface area contributed by atoms with Crippen molar-refractivity contribution in [2.45, 2.75) is 31.1 Å². The molecule has 0 saturated carbocycles. The number of hydrogen-bond acceptors (Lipinski definition) is 6. The van der Waals surface area contributed by atoms with Gasteiger partial charge in [-0.1, -0.05) is 6.07 Å². The van der Waals surface area contributed by atoms with Gasteiger partial charge in [-0.25, -0.2) is 18.0 Å². The summed E-state index contributed by atoms with van der Waals surface area (Å²) in [5, 5.41) is 5.29. The largest absolute Gasteiger partial charge is 0.463 e. The van der Waals surface area contributed by atoms with Crippen LogP contribution in [0.4, 0.5) is 4.79 Å². The van der Waals surface area contributed by atoms with E-state index in [0.29, 0.717) is 48.9 Å². The summed E-state index contributed by atoms with van der Waals surface area (Å²) < 4.78 is 32.8. The van der Waals surface area contributed by atoms with Crippen LogP contribution in [-0.4, -0.2) is 75.5 Å². The number of nitrogens with one attached hydrogen (secondary N) is 2. The number of hydrogen-bond donors (Lipinski definition) is 2. The first kappa shape index (κ1) is 21.8. The SMILES string of the molecule is CCOC(=O)C1=C(CN2CCN(S(=O)(=O)c3ccc4c(c3)CCC4)CC2)NC(=O)NC1. The van der Waals surface area contributed by atoms with E-state index >= 15 is 0 Å². The average molecular weight is 449 g/mol. The quantitative estimate of drug-likeness (QED) is 0.618. The zero-order valence-electron chi connectivity index (χ0n) is 17.6. The Labute approximate surface area is 182 Å². The van der Waals surface area contributed by atoms with Crippen LogP contribution in [0.25, 0.3) is 0 Å². The van der Waals surface area contributed by atoms with E-state index in [1.807, 2.05) is 17.0 Å². The smallest absolute Gasteiger partial charge is 0.337 e. The van der Waals surface area contributed by atoms with E-state index in [2.05, 4.69) is 10.6 Å². The lowest BCUT2D eigenvalue weighted by molar-refractivity contribution is -0.138. The topological polar surface area (TPSA) is 108 Å². The third-order valence-electron chi connectivity index (χ3n) is 6.00. The van der Waals surface area contributed by atoms with Crippen LogP contribution in [-0.2, 0) is 32.4 Å². The molecule has 2 N–H and O–H groups in total. The van der Waals surface area contributed by atoms with Crippen LogP contribution >= 0.6 is 0 Å². The molecular formula is C21H28N4O5S. The first-order valence-electron chi connectivity index (χ1n) is 10.7. The van der Waals surface area contributed by atoms with E-state index in [0.717, 1.165) is 24.8 Å². The number of rotatable bonds is 6. The minimum Gasteiger partial charge on any atom is -0.463 e. The van der Waals surface area contributed by atoms with Crippen LogP contribution in [0.15, 0.2) is 34.4 Å². The summed E-state index contributed by atoms with van der Waals surface area (Å²) in [4.78, 5) is 26.3. The number of urea groups is 1. The van der Waals surface area contributed by atoms with Crippen LogP contribution in [0.3, 0.4) is 0 Å². The maximum Gasteiger partial charge on any atom is 0.337 e. The highest BCUT2D eigenvalue weighted by Gasteiger charge is 2.31. The Balaban J connectivity index is 1.42. The molecule has 10 heteroatoms. The molecule has 168 valence electrons. The number of carbonyl (C=O) groups is 2. The van der Waals surface area contributed by atoms with E-state index in [4.69, 9.17) is 4.74 Å². The molecule has 2 heterocycles. The molecule has 2 aliphatic heterocycles. The predicted molar refractivity (Wildman–Crippen MR) is 114 cm³/mol. The monoisotopic (exact) mass is 448 g/mol. The maximum atomic E-state index is 13.1. The van der Waals surface area contributed by atoms with Gasteiger partial charge in [0.05, 0.1) is 23.6 Å². The first-order chi connectivity index (χ1) is 14.9. The summed E-state index contributed by atoms with van der Waals surface area (Å²) in [5.41, 5.74) is 3.30. The van der Waals surface area contributed by atoms with Crippen LogP contribution in [0.5, 0.6) is 0 Å². The number of esters is 1. The van der Waals surface area contributed by atoms with Gasteiger partial charge in [-0.3, -0.25) is 4.90 Å². The molecular weight excluding hydrogens is 420 g/mol. The van der Waals surface area contributed by atoms with Gasteiger partial charge in [0.1, 0.15) is 0 Å². The second kappa shape index (κ2) is 8.97. The van der Waals surface area contributed by atoms with Crippen molar-refractivity contribution in [3.05, 3.63) is 40.6 Å². The Hall–Kier alpha value is -2.43. The summed E-state index contributed by atoms with van der Waals surface area (Å²) in [5.74, 6) is -0.456. The van der Waals surface area contributed by atoms with E-state index in [9.17, 15) is 18.0 Å². The third-order valence-corrected chi connectivity index (χ3v) is 7.89. The molecule has 0 spiro atoms. The summed E-state index contributed by atoms with van der Waals surface area (Å²) in [6, 6.07) is 5.12. The van der Waals surface area contributed by atoms with E-state index < -0.39 is 16.0 Å². The number of carbonyl (C=O) groups excluding carboxylic acids is 2. The fourth-order valence-corrected chi connectivity index (χ4v) is 5.76. The van der Waals surface area contributed by atoms with E-state index in [-0.39, 0.29) is 19.2 Å². The van der Waals surface area contributed by atoms with Crippen LogP contribution in [0, 0.1) is 0 Å². The highest BCUT2D eigenvalue weighted by Crippen LogP contribution is 2.27.